The van der Waals surface area contributed by atoms with Crippen LogP contribution in [-0.2, 0) is 16.0 Å². The highest BCUT2D eigenvalue weighted by Gasteiger charge is 2.31. The second-order valence-electron chi connectivity index (χ2n) is 6.39. The molecule has 6 heteroatoms. The molecule has 0 unspecified atom stereocenters. The van der Waals surface area contributed by atoms with Crippen LogP contribution in [0.25, 0.3) is 0 Å². The SMILES string of the molecule is CCOCC(=O)N1CCCC[C@H]1c1ncc(Cc2ccccc2OC)o1. The van der Waals surface area contributed by atoms with Crippen molar-refractivity contribution < 1.29 is 18.7 Å². The van der Waals surface area contributed by atoms with Crippen LogP contribution < -0.4 is 4.74 Å². The minimum Gasteiger partial charge on any atom is -0.496 e. The van der Waals surface area contributed by atoms with E-state index in [1.807, 2.05) is 36.1 Å². The van der Waals surface area contributed by atoms with Crippen LogP contribution in [0.1, 0.15) is 49.4 Å². The summed E-state index contributed by atoms with van der Waals surface area (Å²) in [4.78, 5) is 18.7. The van der Waals surface area contributed by atoms with E-state index in [1.54, 1.807) is 13.3 Å². The Morgan fingerprint density at radius 3 is 3.00 bits per heavy atom. The van der Waals surface area contributed by atoms with Gasteiger partial charge in [-0.05, 0) is 32.3 Å². The third-order valence-electron chi connectivity index (χ3n) is 4.67. The molecule has 0 aliphatic carbocycles. The molecule has 1 aliphatic rings. The number of oxazole rings is 1. The fourth-order valence-electron chi connectivity index (χ4n) is 3.35. The van der Waals surface area contributed by atoms with E-state index in [0.29, 0.717) is 18.9 Å². The lowest BCUT2D eigenvalue weighted by Crippen LogP contribution is -2.40. The van der Waals surface area contributed by atoms with Gasteiger partial charge in [-0.2, -0.15) is 0 Å². The van der Waals surface area contributed by atoms with Crippen LogP contribution in [0.5, 0.6) is 5.75 Å². The number of piperidine rings is 1. The molecule has 1 aromatic carbocycles. The largest absolute Gasteiger partial charge is 0.496 e. The van der Waals surface area contributed by atoms with E-state index in [2.05, 4.69) is 4.98 Å². The number of benzene rings is 1. The number of hydrogen-bond acceptors (Lipinski definition) is 5. The fourth-order valence-corrected chi connectivity index (χ4v) is 3.35. The zero-order valence-electron chi connectivity index (χ0n) is 15.4. The topological polar surface area (TPSA) is 64.8 Å². The number of carbonyl (C=O) groups excluding carboxylic acids is 1. The Hall–Kier alpha value is -2.34. The second kappa shape index (κ2) is 8.85. The van der Waals surface area contributed by atoms with Crippen LogP contribution in [0.15, 0.2) is 34.9 Å². The van der Waals surface area contributed by atoms with Gasteiger partial charge in [-0.1, -0.05) is 18.2 Å². The standard InChI is InChI=1S/C20H26N2O4/c1-3-25-14-19(23)22-11-7-6-9-17(22)20-21-13-16(26-20)12-15-8-4-5-10-18(15)24-2/h4-5,8,10,13,17H,3,6-7,9,11-12,14H2,1-2H3/t17-/m0/s1. The molecule has 1 aliphatic heterocycles. The van der Waals surface area contributed by atoms with Crippen molar-refractivity contribution >= 4 is 5.91 Å². The lowest BCUT2D eigenvalue weighted by Gasteiger charge is -2.33. The van der Waals surface area contributed by atoms with Crippen molar-refractivity contribution in [2.45, 2.75) is 38.6 Å². The molecule has 0 N–H and O–H groups in total. The average molecular weight is 358 g/mol. The number of amides is 1. The molecule has 0 saturated carbocycles. The Morgan fingerprint density at radius 1 is 1.35 bits per heavy atom. The summed E-state index contributed by atoms with van der Waals surface area (Å²) >= 11 is 0. The van der Waals surface area contributed by atoms with Gasteiger partial charge in [0.05, 0.1) is 13.3 Å². The molecule has 26 heavy (non-hydrogen) atoms. The summed E-state index contributed by atoms with van der Waals surface area (Å²) < 4.78 is 16.7. The molecular formula is C20H26N2O4. The maximum Gasteiger partial charge on any atom is 0.249 e. The van der Waals surface area contributed by atoms with Crippen LogP contribution >= 0.6 is 0 Å². The molecule has 140 valence electrons. The molecule has 2 heterocycles. The smallest absolute Gasteiger partial charge is 0.249 e. The number of para-hydroxylation sites is 1. The van der Waals surface area contributed by atoms with Crippen molar-refractivity contribution in [3.05, 3.63) is 47.7 Å². The third kappa shape index (κ3) is 4.25. The Kier molecular flexibility index (Phi) is 6.28. The quantitative estimate of drug-likeness (QED) is 0.759. The summed E-state index contributed by atoms with van der Waals surface area (Å²) in [6.45, 7) is 3.26. The van der Waals surface area contributed by atoms with E-state index >= 15 is 0 Å². The molecule has 1 atom stereocenters. The van der Waals surface area contributed by atoms with E-state index in [9.17, 15) is 4.79 Å². The maximum atomic E-state index is 12.4. The number of hydrogen-bond donors (Lipinski definition) is 0. The van der Waals surface area contributed by atoms with Gasteiger partial charge in [-0.15, -0.1) is 0 Å². The summed E-state index contributed by atoms with van der Waals surface area (Å²) in [7, 11) is 1.66. The van der Waals surface area contributed by atoms with Crippen LogP contribution in [0, 0.1) is 0 Å². The highest BCUT2D eigenvalue weighted by atomic mass is 16.5. The number of carbonyl (C=O) groups is 1. The molecule has 6 nitrogen and oxygen atoms in total. The van der Waals surface area contributed by atoms with Gasteiger partial charge in [0.15, 0.2) is 0 Å². The first kappa shape index (κ1) is 18.5. The van der Waals surface area contributed by atoms with E-state index in [4.69, 9.17) is 13.9 Å². The van der Waals surface area contributed by atoms with E-state index in [-0.39, 0.29) is 18.6 Å². The van der Waals surface area contributed by atoms with Crippen molar-refractivity contribution in [2.75, 3.05) is 26.9 Å². The predicted octanol–water partition coefficient (Wildman–Crippen LogP) is 3.36. The molecule has 0 bridgehead atoms. The summed E-state index contributed by atoms with van der Waals surface area (Å²) in [6, 6.07) is 7.76. The zero-order chi connectivity index (χ0) is 18.4. The first-order chi connectivity index (χ1) is 12.7. The van der Waals surface area contributed by atoms with Gasteiger partial charge in [-0.25, -0.2) is 4.98 Å². The Bertz CT molecular complexity index is 728. The summed E-state index contributed by atoms with van der Waals surface area (Å²) in [5.41, 5.74) is 1.05. The van der Waals surface area contributed by atoms with Gasteiger partial charge in [-0.3, -0.25) is 4.79 Å². The Labute approximate surface area is 154 Å². The summed E-state index contributed by atoms with van der Waals surface area (Å²) in [5.74, 6) is 2.21. The summed E-state index contributed by atoms with van der Waals surface area (Å²) in [6.07, 6.45) is 5.29. The Balaban J connectivity index is 1.73. The minimum absolute atomic E-state index is 0.000952. The number of methoxy groups -OCH3 is 1. The van der Waals surface area contributed by atoms with Gasteiger partial charge in [0.25, 0.3) is 0 Å². The number of aromatic nitrogens is 1. The van der Waals surface area contributed by atoms with Gasteiger partial charge in [0.2, 0.25) is 11.8 Å². The first-order valence-corrected chi connectivity index (χ1v) is 9.16. The molecule has 0 radical (unpaired) electrons. The van der Waals surface area contributed by atoms with Crippen molar-refractivity contribution in [3.8, 4) is 5.75 Å². The van der Waals surface area contributed by atoms with Gasteiger partial charge in [0.1, 0.15) is 24.2 Å². The van der Waals surface area contributed by atoms with Crippen molar-refractivity contribution in [1.29, 1.82) is 0 Å². The van der Waals surface area contributed by atoms with E-state index in [1.165, 1.54) is 0 Å². The average Bonchev–Trinajstić information content (AvgIpc) is 3.15. The molecule has 2 aromatic rings. The van der Waals surface area contributed by atoms with Crippen molar-refractivity contribution in [2.24, 2.45) is 0 Å². The molecule has 1 saturated heterocycles. The van der Waals surface area contributed by atoms with Gasteiger partial charge in [0, 0.05) is 25.1 Å². The van der Waals surface area contributed by atoms with Crippen LogP contribution in [0.3, 0.4) is 0 Å². The number of ether oxygens (including phenoxy) is 2. The number of nitrogens with zero attached hydrogens (tertiary/aromatic N) is 2. The molecule has 1 aromatic heterocycles. The predicted molar refractivity (Wildman–Crippen MR) is 97.1 cm³/mol. The van der Waals surface area contributed by atoms with Crippen molar-refractivity contribution in [1.82, 2.24) is 9.88 Å². The lowest BCUT2D eigenvalue weighted by atomic mass is 10.0. The third-order valence-corrected chi connectivity index (χ3v) is 4.67. The zero-order valence-corrected chi connectivity index (χ0v) is 15.4. The first-order valence-electron chi connectivity index (χ1n) is 9.16. The molecule has 1 fully saturated rings. The van der Waals surface area contributed by atoms with E-state index < -0.39 is 0 Å². The number of likely N-dealkylation sites (tertiary alicyclic amines) is 1. The lowest BCUT2D eigenvalue weighted by molar-refractivity contribution is -0.140. The summed E-state index contributed by atoms with van der Waals surface area (Å²) in [5, 5.41) is 0. The highest BCUT2D eigenvalue weighted by molar-refractivity contribution is 5.78. The molecule has 0 spiro atoms. The van der Waals surface area contributed by atoms with E-state index in [0.717, 1.165) is 42.9 Å². The molecule has 3 rings (SSSR count). The van der Waals surface area contributed by atoms with Crippen LogP contribution in [0.2, 0.25) is 0 Å². The molecular weight excluding hydrogens is 332 g/mol. The minimum atomic E-state index is -0.108. The fraction of sp³-hybridized carbons (Fsp3) is 0.500. The van der Waals surface area contributed by atoms with Crippen molar-refractivity contribution in [3.63, 3.8) is 0 Å². The monoisotopic (exact) mass is 358 g/mol. The normalized spacial score (nSPS) is 17.3. The van der Waals surface area contributed by atoms with Gasteiger partial charge >= 0.3 is 0 Å². The molecule has 1 amide bonds. The van der Waals surface area contributed by atoms with Crippen LogP contribution in [0.4, 0.5) is 0 Å². The van der Waals surface area contributed by atoms with Gasteiger partial charge < -0.3 is 18.8 Å². The maximum absolute atomic E-state index is 12.4. The number of rotatable bonds is 7. The second-order valence-corrected chi connectivity index (χ2v) is 6.39. The Morgan fingerprint density at radius 2 is 2.19 bits per heavy atom. The van der Waals surface area contributed by atoms with Crippen LogP contribution in [-0.4, -0.2) is 42.7 Å². The highest BCUT2D eigenvalue weighted by Crippen LogP contribution is 2.31.